The van der Waals surface area contributed by atoms with E-state index in [1.807, 2.05) is 0 Å². The van der Waals surface area contributed by atoms with Crippen molar-refractivity contribution in [1.82, 2.24) is 5.43 Å². The minimum Gasteiger partial charge on any atom is -0.328 e. The number of nitrogens with one attached hydrogen (secondary N) is 1. The van der Waals surface area contributed by atoms with Crippen molar-refractivity contribution in [2.45, 2.75) is 0 Å². The summed E-state index contributed by atoms with van der Waals surface area (Å²) in [6.45, 7) is 0. The van der Waals surface area contributed by atoms with Crippen LogP contribution in [0.1, 0.15) is 0 Å². The molecule has 0 heterocycles. The zero-order chi connectivity index (χ0) is 6.99. The van der Waals surface area contributed by atoms with Crippen molar-refractivity contribution in [2.75, 3.05) is 0 Å². The highest BCUT2D eigenvalue weighted by atomic mass is 16.9. The van der Waals surface area contributed by atoms with Crippen LogP contribution < -0.4 is 11.3 Å². The van der Waals surface area contributed by atoms with E-state index in [2.05, 4.69) is 5.84 Å². The Balaban J connectivity index is 0. The predicted molar refractivity (Wildman–Crippen MR) is 22.2 cm³/mol. The van der Waals surface area contributed by atoms with Gasteiger partial charge in [-0.05, 0) is 0 Å². The minimum atomic E-state index is -1.50. The summed E-state index contributed by atoms with van der Waals surface area (Å²) in [5, 5.41) is 13.6. The second kappa shape index (κ2) is 9.16. The maximum Gasteiger partial charge on any atom is 0.291 e. The smallest absolute Gasteiger partial charge is 0.291 e. The molecule has 0 spiro atoms. The summed E-state index contributed by atoms with van der Waals surface area (Å²) in [6.07, 6.45) is 0.403. The van der Waals surface area contributed by atoms with Crippen molar-refractivity contribution >= 4 is 6.41 Å². The Morgan fingerprint density at radius 3 is 2.00 bits per heavy atom. The molecular weight excluding hydrogens is 118 g/mol. The molecule has 0 aliphatic rings. The van der Waals surface area contributed by atoms with Crippen LogP contribution in [-0.4, -0.2) is 16.7 Å². The Hall–Kier alpha value is -1.37. The molecule has 0 aromatic carbocycles. The Labute approximate surface area is 44.2 Å². The first-order valence-corrected chi connectivity index (χ1v) is 1.38. The van der Waals surface area contributed by atoms with Gasteiger partial charge in [-0.1, -0.05) is 0 Å². The van der Waals surface area contributed by atoms with Crippen LogP contribution >= 0.6 is 0 Å². The Kier molecular flexibility index (Phi) is 11.2. The van der Waals surface area contributed by atoms with E-state index >= 15 is 0 Å². The van der Waals surface area contributed by atoms with Gasteiger partial charge in [0.15, 0.2) is 0 Å². The predicted octanol–water partition coefficient (Wildman–Crippen LogP) is -1.74. The molecule has 4 N–H and O–H groups in total. The summed E-state index contributed by atoms with van der Waals surface area (Å²) in [6, 6.07) is 0. The van der Waals surface area contributed by atoms with Crippen LogP contribution in [0.4, 0.5) is 0 Å². The quantitative estimate of drug-likeness (QED) is 0.126. The first-order chi connectivity index (χ1) is 3.65. The third kappa shape index (κ3) is 446. The highest BCUT2D eigenvalue weighted by Crippen LogP contribution is 1.38. The Bertz CT molecular complexity index is 67.7. The van der Waals surface area contributed by atoms with Crippen molar-refractivity contribution in [1.29, 1.82) is 0 Å². The fraction of sp³-hybridized carbons (Fsp3) is 0. The summed E-state index contributed by atoms with van der Waals surface area (Å²) in [7, 11) is 0. The molecule has 0 bridgehead atoms. The Morgan fingerprint density at radius 2 is 2.00 bits per heavy atom. The molecule has 0 saturated carbocycles. The molecule has 0 atom stereocenters. The number of nitrogens with two attached hydrogens (primary N) is 1. The SMILES string of the molecule is NNC=O.O=[N+]([O-])O. The molecule has 0 aromatic heterocycles. The first-order valence-electron chi connectivity index (χ1n) is 1.38. The van der Waals surface area contributed by atoms with Crippen LogP contribution in [0.3, 0.4) is 0 Å². The van der Waals surface area contributed by atoms with Gasteiger partial charge in [0.25, 0.3) is 5.09 Å². The maximum atomic E-state index is 8.94. The molecule has 0 fully saturated rings. The molecule has 0 unspecified atom stereocenters. The van der Waals surface area contributed by atoms with E-state index in [9.17, 15) is 0 Å². The molecular formula is CH5N3O4. The van der Waals surface area contributed by atoms with Gasteiger partial charge in [0.1, 0.15) is 0 Å². The summed E-state index contributed by atoms with van der Waals surface area (Å²) in [5.41, 5.74) is 1.75. The second-order valence-corrected chi connectivity index (χ2v) is 0.522. The van der Waals surface area contributed by atoms with Gasteiger partial charge >= 0.3 is 0 Å². The molecule has 0 radical (unpaired) electrons. The van der Waals surface area contributed by atoms with Crippen LogP contribution in [-0.2, 0) is 4.79 Å². The number of nitrogens with zero attached hydrogens (tertiary/aromatic N) is 1. The van der Waals surface area contributed by atoms with Gasteiger partial charge in [-0.15, -0.1) is 10.1 Å². The molecule has 48 valence electrons. The van der Waals surface area contributed by atoms with Gasteiger partial charge in [-0.3, -0.25) is 10.2 Å². The standard InChI is InChI=1S/CH4N2O.HNO3/c2-3-1-4;2-1(3)4/h1H,2H2,(H,3,4);(H,2,3,4). The lowest BCUT2D eigenvalue weighted by molar-refractivity contribution is -0.742. The molecule has 7 heteroatoms. The van der Waals surface area contributed by atoms with Gasteiger partial charge in [0, 0.05) is 0 Å². The highest BCUT2D eigenvalue weighted by molar-refractivity contribution is 5.44. The fourth-order valence-corrected chi connectivity index (χ4v) is 0. The fourth-order valence-electron chi connectivity index (χ4n) is 0. The second-order valence-electron chi connectivity index (χ2n) is 0.522. The van der Waals surface area contributed by atoms with Gasteiger partial charge in [0.05, 0.1) is 0 Å². The average molecular weight is 123 g/mol. The molecule has 0 rings (SSSR count). The lowest BCUT2D eigenvalue weighted by atomic mass is 11.4. The zero-order valence-electron chi connectivity index (χ0n) is 3.77. The summed E-state index contributed by atoms with van der Waals surface area (Å²) in [4.78, 5) is 17.3. The third-order valence-electron chi connectivity index (χ3n) is 0.0680. The third-order valence-corrected chi connectivity index (χ3v) is 0.0680. The van der Waals surface area contributed by atoms with Crippen LogP contribution in [0.5, 0.6) is 0 Å². The molecule has 0 aliphatic carbocycles. The van der Waals surface area contributed by atoms with E-state index in [-0.39, 0.29) is 0 Å². The summed E-state index contributed by atoms with van der Waals surface area (Å²) < 4.78 is 0. The number of amides is 1. The van der Waals surface area contributed by atoms with Gasteiger partial charge in [-0.2, -0.15) is 0 Å². The van der Waals surface area contributed by atoms with Gasteiger partial charge < -0.3 is 5.21 Å². The average Bonchev–Trinajstić information content (AvgIpc) is 1.65. The number of carbonyl (C=O) groups excluding carboxylic acids is 1. The number of hydrogen-bond acceptors (Lipinski definition) is 4. The van der Waals surface area contributed by atoms with E-state index in [1.54, 1.807) is 5.43 Å². The molecule has 0 aromatic rings. The van der Waals surface area contributed by atoms with E-state index in [0.29, 0.717) is 6.41 Å². The summed E-state index contributed by atoms with van der Waals surface area (Å²) >= 11 is 0. The normalized spacial score (nSPS) is 5.62. The Morgan fingerprint density at radius 1 is 1.88 bits per heavy atom. The highest BCUT2D eigenvalue weighted by Gasteiger charge is 1.65. The van der Waals surface area contributed by atoms with Crippen LogP contribution in [0, 0.1) is 10.1 Å². The van der Waals surface area contributed by atoms with Crippen LogP contribution in [0.15, 0.2) is 0 Å². The van der Waals surface area contributed by atoms with E-state index < -0.39 is 5.09 Å². The van der Waals surface area contributed by atoms with Crippen molar-refractivity contribution < 1.29 is 15.1 Å². The number of rotatable bonds is 1. The van der Waals surface area contributed by atoms with Crippen LogP contribution in [0.25, 0.3) is 0 Å². The molecule has 7 nitrogen and oxygen atoms in total. The maximum absolute atomic E-state index is 8.94. The zero-order valence-corrected chi connectivity index (χ0v) is 3.77. The lowest BCUT2D eigenvalue weighted by Crippen LogP contribution is -2.18. The summed E-state index contributed by atoms with van der Waals surface area (Å²) in [5.74, 6) is 4.41. The number of carbonyl (C=O) groups is 1. The largest absolute Gasteiger partial charge is 0.328 e. The van der Waals surface area contributed by atoms with E-state index in [0.717, 1.165) is 0 Å². The van der Waals surface area contributed by atoms with Crippen molar-refractivity contribution in [2.24, 2.45) is 5.84 Å². The van der Waals surface area contributed by atoms with Gasteiger partial charge in [-0.25, -0.2) is 5.84 Å². The lowest BCUT2D eigenvalue weighted by Gasteiger charge is -1.66. The molecule has 0 aliphatic heterocycles. The molecule has 1 amide bonds. The topological polar surface area (TPSA) is 118 Å². The monoisotopic (exact) mass is 123 g/mol. The van der Waals surface area contributed by atoms with E-state index in [4.69, 9.17) is 20.1 Å². The molecule has 0 saturated heterocycles. The van der Waals surface area contributed by atoms with E-state index in [1.165, 1.54) is 0 Å². The minimum absolute atomic E-state index is 0.403. The van der Waals surface area contributed by atoms with Crippen molar-refractivity contribution in [3.05, 3.63) is 10.1 Å². The first kappa shape index (κ1) is 9.80. The van der Waals surface area contributed by atoms with Gasteiger partial charge in [0.2, 0.25) is 6.41 Å². The van der Waals surface area contributed by atoms with Crippen molar-refractivity contribution in [3.63, 3.8) is 0 Å². The molecule has 8 heavy (non-hydrogen) atoms. The number of hydrogen-bond donors (Lipinski definition) is 3. The van der Waals surface area contributed by atoms with Crippen LogP contribution in [0.2, 0.25) is 0 Å². The van der Waals surface area contributed by atoms with Crippen molar-refractivity contribution in [3.8, 4) is 0 Å². The number of hydrazine groups is 1.